The van der Waals surface area contributed by atoms with Crippen LogP contribution in [0.15, 0.2) is 94.6 Å². The summed E-state index contributed by atoms with van der Waals surface area (Å²) in [6.07, 6.45) is -18.5. The van der Waals surface area contributed by atoms with Crippen LogP contribution in [-0.2, 0) is 24.1 Å². The van der Waals surface area contributed by atoms with Gasteiger partial charge in [-0.15, -0.1) is 0 Å². The van der Waals surface area contributed by atoms with E-state index in [0.29, 0.717) is 28.2 Å². The number of aromatic nitrogens is 2. The number of aromatic amines is 1. The quantitative estimate of drug-likeness (QED) is 0.0676. The third kappa shape index (κ3) is 9.95. The number of rotatable bonds is 16. The fourth-order valence-electron chi connectivity index (χ4n) is 6.83. The molecule has 0 spiro atoms. The molecule has 316 valence electrons. The fraction of sp³-hybridized carbons (Fsp3) is 0.450. The molecule has 0 aliphatic carbocycles. The van der Waals surface area contributed by atoms with E-state index in [0.717, 1.165) is 4.57 Å². The number of nitrogens with one attached hydrogen (secondary N) is 1. The summed E-state index contributed by atoms with van der Waals surface area (Å²) in [7, 11) is -0.0718. The molecule has 1 saturated heterocycles. The van der Waals surface area contributed by atoms with Gasteiger partial charge in [-0.05, 0) is 75.6 Å². The fourth-order valence-corrected chi connectivity index (χ4v) is 8.73. The molecule has 1 N–H and O–H groups in total. The molecule has 11 nitrogen and oxygen atoms in total. The van der Waals surface area contributed by atoms with Gasteiger partial charge in [0.1, 0.15) is 29.4 Å². The van der Waals surface area contributed by atoms with Crippen LogP contribution in [0.3, 0.4) is 0 Å². The molecule has 5 rings (SSSR count). The Hall–Kier alpha value is -4.25. The SMILES string of the molecule is COc1ccc(C(OC[C@H]2O[C@@H](n3cc(C)c(=O)[nH]c3=O)C[C@@H]2OP(OC(C(F)(F)F)C(F)(F)F)N(C(C)C)C(C)C)(c2ccccc2)c2ccc(OC)cc2)cc1. The lowest BCUT2D eigenvalue weighted by molar-refractivity contribution is -0.301. The van der Waals surface area contributed by atoms with Crippen LogP contribution in [0.25, 0.3) is 0 Å². The summed E-state index contributed by atoms with van der Waals surface area (Å²) in [5, 5.41) is 0. The third-order valence-electron chi connectivity index (χ3n) is 9.54. The first-order valence-corrected chi connectivity index (χ1v) is 19.4. The van der Waals surface area contributed by atoms with Gasteiger partial charge >= 0.3 is 18.0 Å². The van der Waals surface area contributed by atoms with Crippen LogP contribution in [0.4, 0.5) is 26.3 Å². The summed E-state index contributed by atoms with van der Waals surface area (Å²) >= 11 is 0. The Bertz CT molecular complexity index is 1990. The lowest BCUT2D eigenvalue weighted by atomic mass is 9.80. The smallest absolute Gasteiger partial charge is 0.424 e. The van der Waals surface area contributed by atoms with E-state index in [2.05, 4.69) is 4.98 Å². The Kier molecular flexibility index (Phi) is 14.2. The Morgan fingerprint density at radius 3 is 1.78 bits per heavy atom. The van der Waals surface area contributed by atoms with Crippen LogP contribution in [0.5, 0.6) is 11.5 Å². The molecule has 1 fully saturated rings. The van der Waals surface area contributed by atoms with Crippen molar-refractivity contribution in [1.82, 2.24) is 14.2 Å². The first-order valence-electron chi connectivity index (χ1n) is 18.3. The number of hydrogen-bond donors (Lipinski definition) is 1. The molecule has 1 aliphatic rings. The number of nitrogens with zero attached hydrogens (tertiary/aromatic N) is 2. The van der Waals surface area contributed by atoms with Gasteiger partial charge < -0.3 is 23.5 Å². The van der Waals surface area contributed by atoms with Crippen LogP contribution >= 0.6 is 8.53 Å². The van der Waals surface area contributed by atoms with E-state index >= 15 is 0 Å². The second-order valence-electron chi connectivity index (χ2n) is 14.2. The molecule has 4 aromatic rings. The van der Waals surface area contributed by atoms with Gasteiger partial charge in [-0.25, -0.2) is 9.46 Å². The maximum absolute atomic E-state index is 14.0. The first kappa shape index (κ1) is 44.8. The molecule has 4 atom stereocenters. The molecule has 1 unspecified atom stereocenters. The second-order valence-corrected chi connectivity index (χ2v) is 15.5. The highest BCUT2D eigenvalue weighted by molar-refractivity contribution is 7.44. The van der Waals surface area contributed by atoms with Crippen LogP contribution in [0.1, 0.15) is 62.6 Å². The number of halogens is 6. The largest absolute Gasteiger partial charge is 0.497 e. The standard InChI is InChI=1S/C40H46F6N3O8P/c1-24(2)49(25(3)4)58(57-36(39(41,42)43)40(44,45)46)56-32-21-34(48-22-26(5)35(50)47-37(48)51)55-33(32)23-54-38(27-11-9-8-10-12-27,28-13-17-30(52-6)18-14-28)29-15-19-31(53-7)20-16-29/h8-20,22,24-25,32-34,36H,21,23H2,1-7H3,(H,47,50,51)/t32-,33+,34+,58?/m0/s1. The number of methoxy groups -OCH3 is 2. The van der Waals surface area contributed by atoms with Gasteiger partial charge in [-0.3, -0.25) is 18.9 Å². The molecule has 0 bridgehead atoms. The lowest BCUT2D eigenvalue weighted by Crippen LogP contribution is -2.46. The molecule has 0 radical (unpaired) electrons. The van der Waals surface area contributed by atoms with Gasteiger partial charge in [0.2, 0.25) is 0 Å². The third-order valence-corrected chi connectivity index (χ3v) is 11.7. The van der Waals surface area contributed by atoms with Crippen molar-refractivity contribution < 1.29 is 54.3 Å². The predicted molar refractivity (Wildman–Crippen MR) is 204 cm³/mol. The summed E-state index contributed by atoms with van der Waals surface area (Å²) in [5.41, 5.74) is -0.869. The number of hydrogen-bond acceptors (Lipinski definition) is 9. The average molecular weight is 842 g/mol. The van der Waals surface area contributed by atoms with Crippen LogP contribution in [-0.4, -0.2) is 77.8 Å². The van der Waals surface area contributed by atoms with E-state index in [1.807, 2.05) is 30.3 Å². The number of H-pyrrole nitrogens is 1. The number of ether oxygens (including phenoxy) is 4. The van der Waals surface area contributed by atoms with Gasteiger partial charge in [-0.2, -0.15) is 26.3 Å². The van der Waals surface area contributed by atoms with Crippen molar-refractivity contribution in [3.05, 3.63) is 128 Å². The van der Waals surface area contributed by atoms with Crippen molar-refractivity contribution in [3.63, 3.8) is 0 Å². The Morgan fingerprint density at radius 1 is 0.810 bits per heavy atom. The zero-order valence-corrected chi connectivity index (χ0v) is 33.7. The normalized spacial score (nSPS) is 18.4. The van der Waals surface area contributed by atoms with Gasteiger partial charge in [0.15, 0.2) is 0 Å². The van der Waals surface area contributed by atoms with Crippen LogP contribution in [0, 0.1) is 6.92 Å². The van der Waals surface area contributed by atoms with Crippen LogP contribution < -0.4 is 20.7 Å². The molecular formula is C40H46F6N3O8P. The monoisotopic (exact) mass is 841 g/mol. The van der Waals surface area contributed by atoms with Crippen molar-refractivity contribution in [1.29, 1.82) is 0 Å². The number of alkyl halides is 6. The lowest BCUT2D eigenvalue weighted by Gasteiger charge is -2.40. The summed E-state index contributed by atoms with van der Waals surface area (Å²) < 4.78 is 122. The van der Waals surface area contributed by atoms with Crippen molar-refractivity contribution in [2.75, 3.05) is 20.8 Å². The van der Waals surface area contributed by atoms with E-state index in [-0.39, 0.29) is 18.6 Å². The van der Waals surface area contributed by atoms with E-state index in [4.69, 9.17) is 28.0 Å². The Labute approximate surface area is 332 Å². The number of benzene rings is 3. The molecule has 18 heteroatoms. The van der Waals surface area contributed by atoms with Crippen molar-refractivity contribution in [3.8, 4) is 11.5 Å². The van der Waals surface area contributed by atoms with Crippen LogP contribution in [0.2, 0.25) is 0 Å². The summed E-state index contributed by atoms with van der Waals surface area (Å²) in [6, 6.07) is 22.0. The van der Waals surface area contributed by atoms with Gasteiger partial charge in [0.05, 0.1) is 26.9 Å². The molecule has 1 aromatic heterocycles. The highest BCUT2D eigenvalue weighted by Crippen LogP contribution is 2.54. The topological polar surface area (TPSA) is 113 Å². The zero-order chi connectivity index (χ0) is 42.6. The highest BCUT2D eigenvalue weighted by atomic mass is 31.2. The molecule has 0 saturated carbocycles. The van der Waals surface area contributed by atoms with Gasteiger partial charge in [0, 0.05) is 30.3 Å². The zero-order valence-electron chi connectivity index (χ0n) is 32.8. The summed E-state index contributed by atoms with van der Waals surface area (Å²) in [4.78, 5) is 27.6. The maximum atomic E-state index is 14.0. The molecular weight excluding hydrogens is 795 g/mol. The van der Waals surface area contributed by atoms with Crippen molar-refractivity contribution in [2.45, 2.75) is 95.6 Å². The number of aryl methyl sites for hydroxylation is 1. The van der Waals surface area contributed by atoms with E-state index in [9.17, 15) is 35.9 Å². The van der Waals surface area contributed by atoms with Gasteiger partial charge in [0.25, 0.3) is 20.2 Å². The Morgan fingerprint density at radius 2 is 1.31 bits per heavy atom. The maximum Gasteiger partial charge on any atom is 0.424 e. The van der Waals surface area contributed by atoms with E-state index < -0.39 is 74.4 Å². The second kappa shape index (κ2) is 18.3. The van der Waals surface area contributed by atoms with Crippen molar-refractivity contribution >= 4 is 8.53 Å². The highest BCUT2D eigenvalue weighted by Gasteiger charge is 2.60. The average Bonchev–Trinajstić information content (AvgIpc) is 3.57. The molecule has 1 aliphatic heterocycles. The molecule has 58 heavy (non-hydrogen) atoms. The molecule has 2 heterocycles. The van der Waals surface area contributed by atoms with Crippen molar-refractivity contribution in [2.24, 2.45) is 0 Å². The summed E-state index contributed by atoms with van der Waals surface area (Å²) in [5.74, 6) is 1.11. The van der Waals surface area contributed by atoms with E-state index in [1.54, 1.807) is 76.2 Å². The first-order chi connectivity index (χ1) is 27.3. The summed E-state index contributed by atoms with van der Waals surface area (Å²) in [6.45, 7) is 7.45. The molecule has 0 amide bonds. The predicted octanol–water partition coefficient (Wildman–Crippen LogP) is 8.40. The molecule has 3 aromatic carbocycles. The Balaban J connectivity index is 1.65. The minimum atomic E-state index is -5.83. The minimum Gasteiger partial charge on any atom is -0.497 e. The van der Waals surface area contributed by atoms with E-state index in [1.165, 1.54) is 32.0 Å². The van der Waals surface area contributed by atoms with Gasteiger partial charge in [-0.1, -0.05) is 54.6 Å². The minimum absolute atomic E-state index is 0.150.